The maximum atomic E-state index is 10.4. The predicted octanol–water partition coefficient (Wildman–Crippen LogP) is 2.61. The average Bonchev–Trinajstić information content (AvgIpc) is 2.75. The summed E-state index contributed by atoms with van der Waals surface area (Å²) in [5.41, 5.74) is 2.23. The summed E-state index contributed by atoms with van der Waals surface area (Å²) in [5.74, 6) is 0. The van der Waals surface area contributed by atoms with Gasteiger partial charge in [0.05, 0.1) is 17.2 Å². The van der Waals surface area contributed by atoms with Crippen LogP contribution in [0.1, 0.15) is 36.8 Å². The van der Waals surface area contributed by atoms with Gasteiger partial charge in [0.15, 0.2) is 0 Å². The van der Waals surface area contributed by atoms with Crippen LogP contribution in [0.2, 0.25) is 0 Å². The van der Waals surface area contributed by atoms with E-state index in [2.05, 4.69) is 11.0 Å². The van der Waals surface area contributed by atoms with Crippen molar-refractivity contribution in [2.24, 2.45) is 0 Å². The molecule has 1 fully saturated rings. The predicted molar refractivity (Wildman–Crippen MR) is 72.6 cm³/mol. The highest BCUT2D eigenvalue weighted by Gasteiger charge is 2.32. The van der Waals surface area contributed by atoms with Crippen LogP contribution >= 0.6 is 0 Å². The van der Waals surface area contributed by atoms with E-state index in [1.165, 1.54) is 0 Å². The fraction of sp³-hybridized carbons (Fsp3) is 0.533. The van der Waals surface area contributed by atoms with Gasteiger partial charge >= 0.3 is 0 Å². The molecule has 0 aliphatic heterocycles. The number of nitrogens with zero attached hydrogens (tertiary/aromatic N) is 2. The van der Waals surface area contributed by atoms with Gasteiger partial charge in [0, 0.05) is 19.3 Å². The molecule has 0 radical (unpaired) electrons. The molecule has 1 aromatic rings. The SMILES string of the molecule is Cc1cc(N(C)CC2(O)CCCC2)ccc1C#N. The largest absolute Gasteiger partial charge is 0.388 e. The lowest BCUT2D eigenvalue weighted by atomic mass is 10.0. The summed E-state index contributed by atoms with van der Waals surface area (Å²) < 4.78 is 0. The van der Waals surface area contributed by atoms with Crippen molar-refractivity contribution in [1.29, 1.82) is 5.26 Å². The van der Waals surface area contributed by atoms with E-state index >= 15 is 0 Å². The Morgan fingerprint density at radius 1 is 1.39 bits per heavy atom. The van der Waals surface area contributed by atoms with Gasteiger partial charge < -0.3 is 10.0 Å². The number of aryl methyl sites for hydroxylation is 1. The highest BCUT2D eigenvalue weighted by Crippen LogP contribution is 2.31. The van der Waals surface area contributed by atoms with Crippen LogP contribution in [0.3, 0.4) is 0 Å². The molecule has 3 heteroatoms. The van der Waals surface area contributed by atoms with Crippen molar-refractivity contribution in [3.05, 3.63) is 29.3 Å². The van der Waals surface area contributed by atoms with Gasteiger partial charge in [-0.1, -0.05) is 12.8 Å². The molecule has 0 atom stereocenters. The van der Waals surface area contributed by atoms with Crippen LogP contribution in [0, 0.1) is 18.3 Å². The molecule has 1 aromatic carbocycles. The van der Waals surface area contributed by atoms with Crippen LogP contribution in [0.5, 0.6) is 0 Å². The Kier molecular flexibility index (Phi) is 3.58. The fourth-order valence-electron chi connectivity index (χ4n) is 2.73. The average molecular weight is 244 g/mol. The molecule has 1 N–H and O–H groups in total. The van der Waals surface area contributed by atoms with Gasteiger partial charge in [-0.3, -0.25) is 0 Å². The third-order valence-corrected chi connectivity index (χ3v) is 3.84. The van der Waals surface area contributed by atoms with Gasteiger partial charge in [-0.05, 0) is 43.5 Å². The lowest BCUT2D eigenvalue weighted by Gasteiger charge is -2.30. The van der Waals surface area contributed by atoms with Crippen LogP contribution in [0.15, 0.2) is 18.2 Å². The van der Waals surface area contributed by atoms with Crippen LogP contribution in [-0.2, 0) is 0 Å². The summed E-state index contributed by atoms with van der Waals surface area (Å²) in [5, 5.41) is 19.3. The minimum atomic E-state index is -0.531. The zero-order chi connectivity index (χ0) is 13.2. The van der Waals surface area contributed by atoms with Crippen molar-refractivity contribution in [3.8, 4) is 6.07 Å². The first kappa shape index (κ1) is 12.9. The molecule has 96 valence electrons. The third kappa shape index (κ3) is 2.65. The van der Waals surface area contributed by atoms with Crippen LogP contribution < -0.4 is 4.90 Å². The summed E-state index contributed by atoms with van der Waals surface area (Å²) in [4.78, 5) is 2.08. The molecule has 1 aliphatic carbocycles. The Balaban J connectivity index is 2.11. The normalized spacial score (nSPS) is 17.4. The highest BCUT2D eigenvalue weighted by atomic mass is 16.3. The molecule has 0 unspecified atom stereocenters. The minimum absolute atomic E-state index is 0.531. The number of aliphatic hydroxyl groups is 1. The van der Waals surface area contributed by atoms with Crippen LogP contribution in [0.4, 0.5) is 5.69 Å². The third-order valence-electron chi connectivity index (χ3n) is 3.84. The van der Waals surface area contributed by atoms with Gasteiger partial charge in [0.1, 0.15) is 0 Å². The molecule has 2 rings (SSSR count). The van der Waals surface area contributed by atoms with E-state index in [-0.39, 0.29) is 0 Å². The number of hydrogen-bond donors (Lipinski definition) is 1. The van der Waals surface area contributed by atoms with Gasteiger partial charge in [-0.25, -0.2) is 0 Å². The second kappa shape index (κ2) is 4.99. The molecular formula is C15H20N2O. The topological polar surface area (TPSA) is 47.3 Å². The Morgan fingerprint density at radius 2 is 2.06 bits per heavy atom. The van der Waals surface area contributed by atoms with Crippen LogP contribution in [-0.4, -0.2) is 24.3 Å². The molecular weight excluding hydrogens is 224 g/mol. The standard InChI is InChI=1S/C15H20N2O/c1-12-9-14(6-5-13(12)10-16)17(2)11-15(18)7-3-4-8-15/h5-6,9,18H,3-4,7-8,11H2,1-2H3. The van der Waals surface area contributed by atoms with Crippen LogP contribution in [0.25, 0.3) is 0 Å². The zero-order valence-electron chi connectivity index (χ0n) is 11.1. The Bertz CT molecular complexity index is 470. The Labute approximate surface area is 109 Å². The van der Waals surface area contributed by atoms with E-state index in [9.17, 15) is 5.11 Å². The number of anilines is 1. The van der Waals surface area contributed by atoms with Crippen molar-refractivity contribution in [3.63, 3.8) is 0 Å². The van der Waals surface area contributed by atoms with Crippen molar-refractivity contribution in [2.45, 2.75) is 38.2 Å². The first-order valence-corrected chi connectivity index (χ1v) is 6.48. The van der Waals surface area contributed by atoms with Gasteiger partial charge in [0.2, 0.25) is 0 Å². The first-order valence-electron chi connectivity index (χ1n) is 6.48. The summed E-state index contributed by atoms with van der Waals surface area (Å²) >= 11 is 0. The Hall–Kier alpha value is -1.53. The molecule has 1 aliphatic rings. The molecule has 18 heavy (non-hydrogen) atoms. The van der Waals surface area contributed by atoms with Gasteiger partial charge in [-0.15, -0.1) is 0 Å². The number of nitriles is 1. The van der Waals surface area contributed by atoms with E-state index in [4.69, 9.17) is 5.26 Å². The molecule has 3 nitrogen and oxygen atoms in total. The maximum absolute atomic E-state index is 10.4. The number of rotatable bonds is 3. The van der Waals surface area contributed by atoms with Gasteiger partial charge in [0.25, 0.3) is 0 Å². The zero-order valence-corrected chi connectivity index (χ0v) is 11.1. The summed E-state index contributed by atoms with van der Waals surface area (Å²) in [6.07, 6.45) is 4.03. The van der Waals surface area contributed by atoms with Crippen molar-refractivity contribution >= 4 is 5.69 Å². The second-order valence-corrected chi connectivity index (χ2v) is 5.40. The molecule has 1 saturated carbocycles. The molecule has 0 aromatic heterocycles. The Morgan fingerprint density at radius 3 is 2.61 bits per heavy atom. The minimum Gasteiger partial charge on any atom is -0.388 e. The molecule has 0 amide bonds. The second-order valence-electron chi connectivity index (χ2n) is 5.40. The lowest BCUT2D eigenvalue weighted by Crippen LogP contribution is -2.39. The van der Waals surface area contributed by atoms with Gasteiger partial charge in [-0.2, -0.15) is 5.26 Å². The smallest absolute Gasteiger partial charge is 0.0994 e. The van der Waals surface area contributed by atoms with Crippen molar-refractivity contribution in [2.75, 3.05) is 18.5 Å². The van der Waals surface area contributed by atoms with E-state index in [0.29, 0.717) is 12.1 Å². The number of benzene rings is 1. The number of likely N-dealkylation sites (N-methyl/N-ethyl adjacent to an activating group) is 1. The van der Waals surface area contributed by atoms with E-state index < -0.39 is 5.60 Å². The highest BCUT2D eigenvalue weighted by molar-refractivity contribution is 5.53. The summed E-state index contributed by atoms with van der Waals surface area (Å²) in [6.45, 7) is 2.61. The van der Waals surface area contributed by atoms with Crippen molar-refractivity contribution < 1.29 is 5.11 Å². The maximum Gasteiger partial charge on any atom is 0.0994 e. The summed E-state index contributed by atoms with van der Waals surface area (Å²) in [6, 6.07) is 7.98. The molecule has 0 bridgehead atoms. The van der Waals surface area contributed by atoms with Crippen molar-refractivity contribution in [1.82, 2.24) is 0 Å². The first-order chi connectivity index (χ1) is 8.54. The quantitative estimate of drug-likeness (QED) is 0.889. The monoisotopic (exact) mass is 244 g/mol. The molecule has 0 saturated heterocycles. The molecule has 0 heterocycles. The fourth-order valence-corrected chi connectivity index (χ4v) is 2.73. The van der Waals surface area contributed by atoms with E-state index in [0.717, 1.165) is 36.9 Å². The van der Waals surface area contributed by atoms with E-state index in [1.54, 1.807) is 0 Å². The summed E-state index contributed by atoms with van der Waals surface area (Å²) in [7, 11) is 2.00. The number of hydrogen-bond acceptors (Lipinski definition) is 3. The molecule has 0 spiro atoms. The van der Waals surface area contributed by atoms with E-state index in [1.807, 2.05) is 32.2 Å². The lowest BCUT2D eigenvalue weighted by molar-refractivity contribution is 0.0559.